The van der Waals surface area contributed by atoms with E-state index in [-0.39, 0.29) is 11.8 Å². The largest absolute Gasteiger partial charge is 0.353 e. The van der Waals surface area contributed by atoms with Gasteiger partial charge in [-0.3, -0.25) is 4.79 Å². The van der Waals surface area contributed by atoms with Crippen LogP contribution in [-0.4, -0.2) is 25.0 Å². The number of nitrogens with one attached hydrogen (secondary N) is 2. The van der Waals surface area contributed by atoms with Crippen molar-refractivity contribution in [2.45, 2.75) is 46.1 Å². The number of carbonyl (C=O) groups is 1. The lowest BCUT2D eigenvalue weighted by atomic mass is 10.0. The van der Waals surface area contributed by atoms with E-state index in [0.717, 1.165) is 31.8 Å². The van der Waals surface area contributed by atoms with Crippen LogP contribution in [0.25, 0.3) is 0 Å². The van der Waals surface area contributed by atoms with E-state index in [4.69, 9.17) is 0 Å². The van der Waals surface area contributed by atoms with Crippen molar-refractivity contribution in [3.05, 3.63) is 0 Å². The van der Waals surface area contributed by atoms with E-state index in [9.17, 15) is 4.79 Å². The molecule has 0 aromatic heterocycles. The molecule has 0 radical (unpaired) electrons. The first kappa shape index (κ1) is 12.5. The first-order valence-corrected chi connectivity index (χ1v) is 6.10. The van der Waals surface area contributed by atoms with Gasteiger partial charge in [0.2, 0.25) is 5.91 Å². The van der Waals surface area contributed by atoms with Gasteiger partial charge >= 0.3 is 0 Å². The zero-order valence-corrected chi connectivity index (χ0v) is 10.2. The van der Waals surface area contributed by atoms with Gasteiger partial charge in [0.1, 0.15) is 0 Å². The average Bonchev–Trinajstić information content (AvgIpc) is 2.67. The Morgan fingerprint density at radius 1 is 1.40 bits per heavy atom. The second kappa shape index (κ2) is 6.11. The Hall–Kier alpha value is -0.570. The van der Waals surface area contributed by atoms with Crippen LogP contribution in [0.15, 0.2) is 0 Å². The molecule has 0 aromatic rings. The molecule has 1 aliphatic heterocycles. The van der Waals surface area contributed by atoms with E-state index in [1.54, 1.807) is 0 Å². The molecular weight excluding hydrogens is 188 g/mol. The summed E-state index contributed by atoms with van der Waals surface area (Å²) in [6, 6.07) is 0.320. The molecule has 0 aliphatic carbocycles. The van der Waals surface area contributed by atoms with Crippen molar-refractivity contribution in [3.8, 4) is 0 Å². The van der Waals surface area contributed by atoms with E-state index >= 15 is 0 Å². The molecule has 1 fully saturated rings. The molecule has 3 nitrogen and oxygen atoms in total. The standard InChI is InChI=1S/C12H24N2O/c1-9(2)4-5-10(3)14-12(15)11-6-7-13-8-11/h9-11,13H,4-8H2,1-3H3,(H,14,15). The highest BCUT2D eigenvalue weighted by Gasteiger charge is 2.23. The molecule has 0 bridgehead atoms. The summed E-state index contributed by atoms with van der Waals surface area (Å²) in [6.07, 6.45) is 3.26. The Morgan fingerprint density at radius 2 is 2.13 bits per heavy atom. The highest BCUT2D eigenvalue weighted by Crippen LogP contribution is 2.10. The van der Waals surface area contributed by atoms with Gasteiger partial charge in [-0.1, -0.05) is 13.8 Å². The fraction of sp³-hybridized carbons (Fsp3) is 0.917. The minimum Gasteiger partial charge on any atom is -0.353 e. The molecule has 15 heavy (non-hydrogen) atoms. The van der Waals surface area contributed by atoms with Crippen LogP contribution in [-0.2, 0) is 4.79 Å². The van der Waals surface area contributed by atoms with Gasteiger partial charge in [0, 0.05) is 12.6 Å². The fourth-order valence-electron chi connectivity index (χ4n) is 1.89. The van der Waals surface area contributed by atoms with Gasteiger partial charge in [0.25, 0.3) is 0 Å². The van der Waals surface area contributed by atoms with Gasteiger partial charge in [-0.05, 0) is 38.6 Å². The van der Waals surface area contributed by atoms with Crippen molar-refractivity contribution in [2.75, 3.05) is 13.1 Å². The summed E-state index contributed by atoms with van der Waals surface area (Å²) in [6.45, 7) is 8.37. The zero-order chi connectivity index (χ0) is 11.3. The van der Waals surface area contributed by atoms with E-state index < -0.39 is 0 Å². The van der Waals surface area contributed by atoms with E-state index in [0.29, 0.717) is 6.04 Å². The molecular formula is C12H24N2O. The Labute approximate surface area is 93.0 Å². The van der Waals surface area contributed by atoms with Gasteiger partial charge in [0.05, 0.1) is 5.92 Å². The van der Waals surface area contributed by atoms with Crippen LogP contribution >= 0.6 is 0 Å². The molecule has 88 valence electrons. The van der Waals surface area contributed by atoms with Crippen LogP contribution in [0.2, 0.25) is 0 Å². The molecule has 1 amide bonds. The monoisotopic (exact) mass is 212 g/mol. The maximum Gasteiger partial charge on any atom is 0.224 e. The third-order valence-electron chi connectivity index (χ3n) is 3.00. The molecule has 0 spiro atoms. The fourth-order valence-corrected chi connectivity index (χ4v) is 1.89. The third kappa shape index (κ3) is 4.65. The summed E-state index contributed by atoms with van der Waals surface area (Å²) in [5.74, 6) is 1.15. The maximum atomic E-state index is 11.7. The van der Waals surface area contributed by atoms with Crippen LogP contribution in [0, 0.1) is 11.8 Å². The Bertz CT molecular complexity index is 198. The van der Waals surface area contributed by atoms with Crippen molar-refractivity contribution in [2.24, 2.45) is 11.8 Å². The molecule has 1 saturated heterocycles. The average molecular weight is 212 g/mol. The number of hydrogen-bond acceptors (Lipinski definition) is 2. The molecule has 0 aromatic carbocycles. The quantitative estimate of drug-likeness (QED) is 0.726. The van der Waals surface area contributed by atoms with Gasteiger partial charge in [-0.25, -0.2) is 0 Å². The predicted octanol–water partition coefficient (Wildman–Crippen LogP) is 1.54. The summed E-state index contributed by atoms with van der Waals surface area (Å²) in [5.41, 5.74) is 0. The smallest absolute Gasteiger partial charge is 0.224 e. The second-order valence-corrected chi connectivity index (χ2v) is 5.07. The minimum atomic E-state index is 0.200. The summed E-state index contributed by atoms with van der Waals surface area (Å²) >= 11 is 0. The Morgan fingerprint density at radius 3 is 2.67 bits per heavy atom. The Balaban J connectivity index is 2.18. The lowest BCUT2D eigenvalue weighted by Crippen LogP contribution is -2.38. The summed E-state index contributed by atoms with van der Waals surface area (Å²) < 4.78 is 0. The van der Waals surface area contributed by atoms with Crippen LogP contribution in [0.3, 0.4) is 0 Å². The van der Waals surface area contributed by atoms with Gasteiger partial charge in [0.15, 0.2) is 0 Å². The highest BCUT2D eigenvalue weighted by molar-refractivity contribution is 5.79. The van der Waals surface area contributed by atoms with Crippen molar-refractivity contribution in [1.82, 2.24) is 10.6 Å². The highest BCUT2D eigenvalue weighted by atomic mass is 16.2. The summed E-state index contributed by atoms with van der Waals surface area (Å²) in [5, 5.41) is 6.31. The van der Waals surface area contributed by atoms with E-state index in [1.807, 2.05) is 0 Å². The first-order chi connectivity index (χ1) is 7.09. The second-order valence-electron chi connectivity index (χ2n) is 5.07. The first-order valence-electron chi connectivity index (χ1n) is 6.10. The zero-order valence-electron chi connectivity index (χ0n) is 10.2. The molecule has 1 heterocycles. The van der Waals surface area contributed by atoms with Crippen LogP contribution in [0.4, 0.5) is 0 Å². The van der Waals surface area contributed by atoms with Gasteiger partial charge < -0.3 is 10.6 Å². The predicted molar refractivity (Wildman–Crippen MR) is 62.7 cm³/mol. The summed E-state index contributed by atoms with van der Waals surface area (Å²) in [4.78, 5) is 11.7. The van der Waals surface area contributed by atoms with E-state index in [2.05, 4.69) is 31.4 Å². The van der Waals surface area contributed by atoms with Crippen molar-refractivity contribution >= 4 is 5.91 Å². The molecule has 2 atom stereocenters. The summed E-state index contributed by atoms with van der Waals surface area (Å²) in [7, 11) is 0. The number of carbonyl (C=O) groups excluding carboxylic acids is 1. The third-order valence-corrected chi connectivity index (χ3v) is 3.00. The topological polar surface area (TPSA) is 41.1 Å². The molecule has 2 N–H and O–H groups in total. The molecule has 3 heteroatoms. The SMILES string of the molecule is CC(C)CCC(C)NC(=O)C1CCNC1. The van der Waals surface area contributed by atoms with Crippen molar-refractivity contribution in [3.63, 3.8) is 0 Å². The van der Waals surface area contributed by atoms with Gasteiger partial charge in [-0.15, -0.1) is 0 Å². The molecule has 1 rings (SSSR count). The molecule has 2 unspecified atom stereocenters. The normalized spacial score (nSPS) is 23.1. The van der Waals surface area contributed by atoms with Crippen molar-refractivity contribution in [1.29, 1.82) is 0 Å². The molecule has 1 aliphatic rings. The number of rotatable bonds is 5. The lowest BCUT2D eigenvalue weighted by molar-refractivity contribution is -0.125. The molecule has 0 saturated carbocycles. The number of hydrogen-bond donors (Lipinski definition) is 2. The number of amides is 1. The maximum absolute atomic E-state index is 11.7. The van der Waals surface area contributed by atoms with Gasteiger partial charge in [-0.2, -0.15) is 0 Å². The lowest BCUT2D eigenvalue weighted by Gasteiger charge is -2.17. The van der Waals surface area contributed by atoms with Crippen molar-refractivity contribution < 1.29 is 4.79 Å². The van der Waals surface area contributed by atoms with E-state index in [1.165, 1.54) is 6.42 Å². The minimum absolute atomic E-state index is 0.200. The van der Waals surface area contributed by atoms with Crippen LogP contribution < -0.4 is 10.6 Å². The van der Waals surface area contributed by atoms with Crippen LogP contribution in [0.1, 0.15) is 40.0 Å². The Kier molecular flexibility index (Phi) is 5.09. The van der Waals surface area contributed by atoms with Crippen LogP contribution in [0.5, 0.6) is 0 Å².